The van der Waals surface area contributed by atoms with Gasteiger partial charge in [-0.05, 0) is 59.1 Å². The van der Waals surface area contributed by atoms with E-state index in [-0.39, 0.29) is 5.91 Å². The topological polar surface area (TPSA) is 55.1 Å². The second-order valence-corrected chi connectivity index (χ2v) is 6.27. The number of carbonyl (C=O) groups excluding carboxylic acids is 1. The third kappa shape index (κ3) is 3.04. The van der Waals surface area contributed by atoms with E-state index in [0.29, 0.717) is 11.3 Å². The van der Waals surface area contributed by atoms with E-state index >= 15 is 0 Å². The van der Waals surface area contributed by atoms with E-state index in [9.17, 15) is 4.79 Å². The standard InChI is InChI=1S/C15H14Br2N2O/c1-8-4-3-5-13(14(8)17)19-15(20)11-6-10(16)7-12(18)9(11)2/h3-7H,18H2,1-2H3,(H,19,20). The summed E-state index contributed by atoms with van der Waals surface area (Å²) in [5, 5.41) is 2.90. The minimum absolute atomic E-state index is 0.179. The lowest BCUT2D eigenvalue weighted by Crippen LogP contribution is -2.15. The number of nitrogen functional groups attached to an aromatic ring is 1. The maximum absolute atomic E-state index is 12.4. The van der Waals surface area contributed by atoms with Crippen LogP contribution in [0.2, 0.25) is 0 Å². The summed E-state index contributed by atoms with van der Waals surface area (Å²) in [6.45, 7) is 3.81. The van der Waals surface area contributed by atoms with Crippen molar-refractivity contribution in [3.63, 3.8) is 0 Å². The number of carbonyl (C=O) groups is 1. The van der Waals surface area contributed by atoms with Crippen molar-refractivity contribution in [3.8, 4) is 0 Å². The summed E-state index contributed by atoms with van der Waals surface area (Å²) in [5.41, 5.74) is 9.62. The number of hydrogen-bond donors (Lipinski definition) is 2. The number of hydrogen-bond acceptors (Lipinski definition) is 2. The molecular formula is C15H14Br2N2O. The fourth-order valence-corrected chi connectivity index (χ4v) is 2.71. The molecule has 1 amide bonds. The van der Waals surface area contributed by atoms with Gasteiger partial charge in [-0.1, -0.05) is 28.1 Å². The highest BCUT2D eigenvalue weighted by molar-refractivity contribution is 9.11. The van der Waals surface area contributed by atoms with Crippen LogP contribution in [0.5, 0.6) is 0 Å². The molecule has 0 saturated carbocycles. The molecule has 0 heterocycles. The number of nitrogens with one attached hydrogen (secondary N) is 1. The van der Waals surface area contributed by atoms with Crippen LogP contribution in [-0.2, 0) is 0 Å². The quantitative estimate of drug-likeness (QED) is 0.723. The van der Waals surface area contributed by atoms with E-state index in [0.717, 1.165) is 25.8 Å². The van der Waals surface area contributed by atoms with E-state index in [1.165, 1.54) is 0 Å². The van der Waals surface area contributed by atoms with Crippen LogP contribution in [0.25, 0.3) is 0 Å². The van der Waals surface area contributed by atoms with Crippen molar-refractivity contribution in [3.05, 3.63) is 56.0 Å². The van der Waals surface area contributed by atoms with Gasteiger partial charge in [0.1, 0.15) is 0 Å². The minimum atomic E-state index is -0.179. The van der Waals surface area contributed by atoms with Crippen LogP contribution in [0.1, 0.15) is 21.5 Å². The molecule has 0 aromatic heterocycles. The van der Waals surface area contributed by atoms with E-state index in [4.69, 9.17) is 5.73 Å². The molecule has 2 aromatic rings. The summed E-state index contributed by atoms with van der Waals surface area (Å²) in [6, 6.07) is 9.28. The molecule has 0 atom stereocenters. The Morgan fingerprint density at radius 3 is 2.60 bits per heavy atom. The molecule has 2 aromatic carbocycles. The lowest BCUT2D eigenvalue weighted by molar-refractivity contribution is 0.102. The van der Waals surface area contributed by atoms with Crippen molar-refractivity contribution in [1.82, 2.24) is 0 Å². The van der Waals surface area contributed by atoms with Crippen LogP contribution in [0.3, 0.4) is 0 Å². The lowest BCUT2D eigenvalue weighted by atomic mass is 10.1. The summed E-state index contributed by atoms with van der Waals surface area (Å²) in [7, 11) is 0. The number of benzene rings is 2. The normalized spacial score (nSPS) is 10.4. The molecule has 2 rings (SSSR count). The maximum Gasteiger partial charge on any atom is 0.256 e. The Bertz CT molecular complexity index is 684. The summed E-state index contributed by atoms with van der Waals surface area (Å²) >= 11 is 6.84. The SMILES string of the molecule is Cc1cccc(NC(=O)c2cc(Br)cc(N)c2C)c1Br. The molecular weight excluding hydrogens is 384 g/mol. The molecule has 0 aliphatic carbocycles. The van der Waals surface area contributed by atoms with E-state index in [2.05, 4.69) is 37.2 Å². The molecule has 20 heavy (non-hydrogen) atoms. The summed E-state index contributed by atoms with van der Waals surface area (Å²) in [5.74, 6) is -0.179. The van der Waals surface area contributed by atoms with Gasteiger partial charge in [-0.25, -0.2) is 0 Å². The molecule has 3 N–H and O–H groups in total. The summed E-state index contributed by atoms with van der Waals surface area (Å²) in [4.78, 5) is 12.4. The Balaban J connectivity index is 2.36. The molecule has 5 heteroatoms. The average Bonchev–Trinajstić information content (AvgIpc) is 2.39. The smallest absolute Gasteiger partial charge is 0.256 e. The first-order valence-electron chi connectivity index (χ1n) is 6.02. The Morgan fingerprint density at radius 2 is 1.90 bits per heavy atom. The van der Waals surface area contributed by atoms with E-state index < -0.39 is 0 Å². The van der Waals surface area contributed by atoms with Crippen molar-refractivity contribution in [2.24, 2.45) is 0 Å². The molecule has 0 saturated heterocycles. The minimum Gasteiger partial charge on any atom is -0.398 e. The lowest BCUT2D eigenvalue weighted by Gasteiger charge is -2.12. The van der Waals surface area contributed by atoms with Gasteiger partial charge in [0, 0.05) is 20.2 Å². The third-order valence-electron chi connectivity index (χ3n) is 3.10. The van der Waals surface area contributed by atoms with Crippen molar-refractivity contribution in [2.75, 3.05) is 11.1 Å². The van der Waals surface area contributed by atoms with E-state index in [1.54, 1.807) is 12.1 Å². The Labute approximate surface area is 134 Å². The highest BCUT2D eigenvalue weighted by Gasteiger charge is 2.14. The van der Waals surface area contributed by atoms with Crippen LogP contribution in [0.4, 0.5) is 11.4 Å². The van der Waals surface area contributed by atoms with Crippen molar-refractivity contribution >= 4 is 49.1 Å². The summed E-state index contributed by atoms with van der Waals surface area (Å²) in [6.07, 6.45) is 0. The number of anilines is 2. The number of nitrogens with two attached hydrogens (primary N) is 1. The molecule has 0 aliphatic rings. The highest BCUT2D eigenvalue weighted by atomic mass is 79.9. The molecule has 0 fully saturated rings. The molecule has 0 aliphatic heterocycles. The van der Waals surface area contributed by atoms with Crippen LogP contribution >= 0.6 is 31.9 Å². The largest absolute Gasteiger partial charge is 0.398 e. The molecule has 0 spiro atoms. The maximum atomic E-state index is 12.4. The predicted octanol–water partition coefficient (Wildman–Crippen LogP) is 4.66. The fraction of sp³-hybridized carbons (Fsp3) is 0.133. The van der Waals surface area contributed by atoms with Crippen LogP contribution < -0.4 is 11.1 Å². The second-order valence-electron chi connectivity index (χ2n) is 4.56. The predicted molar refractivity (Wildman–Crippen MR) is 90.1 cm³/mol. The molecule has 104 valence electrons. The number of amides is 1. The third-order valence-corrected chi connectivity index (χ3v) is 4.61. The van der Waals surface area contributed by atoms with Crippen molar-refractivity contribution < 1.29 is 4.79 Å². The number of aryl methyl sites for hydroxylation is 1. The van der Waals surface area contributed by atoms with Crippen LogP contribution in [0, 0.1) is 13.8 Å². The van der Waals surface area contributed by atoms with Gasteiger partial charge in [0.05, 0.1) is 5.69 Å². The molecule has 3 nitrogen and oxygen atoms in total. The zero-order valence-electron chi connectivity index (χ0n) is 11.1. The van der Waals surface area contributed by atoms with E-state index in [1.807, 2.05) is 32.0 Å². The zero-order valence-corrected chi connectivity index (χ0v) is 14.3. The first-order valence-corrected chi connectivity index (χ1v) is 7.61. The second kappa shape index (κ2) is 5.97. The Morgan fingerprint density at radius 1 is 1.20 bits per heavy atom. The Kier molecular flexibility index (Phi) is 4.50. The van der Waals surface area contributed by atoms with Gasteiger partial charge >= 0.3 is 0 Å². The van der Waals surface area contributed by atoms with Gasteiger partial charge in [-0.3, -0.25) is 4.79 Å². The molecule has 0 bridgehead atoms. The average molecular weight is 398 g/mol. The first-order chi connectivity index (χ1) is 9.40. The van der Waals surface area contributed by atoms with Crippen molar-refractivity contribution in [2.45, 2.75) is 13.8 Å². The first kappa shape index (κ1) is 15.1. The van der Waals surface area contributed by atoms with Gasteiger partial charge in [0.2, 0.25) is 0 Å². The van der Waals surface area contributed by atoms with Crippen LogP contribution in [-0.4, -0.2) is 5.91 Å². The van der Waals surface area contributed by atoms with Gasteiger partial charge < -0.3 is 11.1 Å². The number of halogens is 2. The zero-order chi connectivity index (χ0) is 14.9. The van der Waals surface area contributed by atoms with Gasteiger partial charge in [0.25, 0.3) is 5.91 Å². The van der Waals surface area contributed by atoms with Gasteiger partial charge in [0.15, 0.2) is 0 Å². The number of rotatable bonds is 2. The monoisotopic (exact) mass is 396 g/mol. The van der Waals surface area contributed by atoms with Crippen LogP contribution in [0.15, 0.2) is 39.3 Å². The summed E-state index contributed by atoms with van der Waals surface area (Å²) < 4.78 is 1.67. The van der Waals surface area contributed by atoms with Crippen molar-refractivity contribution in [1.29, 1.82) is 0 Å². The highest BCUT2D eigenvalue weighted by Crippen LogP contribution is 2.28. The molecule has 0 radical (unpaired) electrons. The van der Waals surface area contributed by atoms with Gasteiger partial charge in [-0.15, -0.1) is 0 Å². The Hall–Kier alpha value is -1.33. The molecule has 0 unspecified atom stereocenters. The fourth-order valence-electron chi connectivity index (χ4n) is 1.87. The van der Waals surface area contributed by atoms with Gasteiger partial charge in [-0.2, -0.15) is 0 Å².